The zero-order chi connectivity index (χ0) is 35.9. The average Bonchev–Trinajstić information content (AvgIpc) is 3.40. The third-order valence-corrected chi connectivity index (χ3v) is 15.5. The fourth-order valence-electron chi connectivity index (χ4n) is 12.5. The molecule has 3 N–H and O–H groups in total. The van der Waals surface area contributed by atoms with Gasteiger partial charge in [-0.05, 0) is 144 Å². The van der Waals surface area contributed by atoms with Gasteiger partial charge in [0, 0.05) is 24.4 Å². The average molecular weight is 711 g/mol. The maximum absolute atomic E-state index is 13.2. The molecule has 8 atom stereocenters. The molecule has 0 radical (unpaired) electrons. The minimum absolute atomic E-state index is 0.0545. The molecule has 51 heavy (non-hydrogen) atoms. The van der Waals surface area contributed by atoms with E-state index in [1.807, 2.05) is 6.07 Å². The fraction of sp³-hybridized carbons (Fsp3) is 0.829. The molecule has 7 rings (SSSR count). The molecule has 0 bridgehead atoms. The minimum Gasteiger partial charge on any atom is -0.461 e. The maximum atomic E-state index is 13.2. The van der Waals surface area contributed by atoms with Gasteiger partial charge in [0.05, 0.1) is 36.0 Å². The molecule has 3 heterocycles. The van der Waals surface area contributed by atoms with Gasteiger partial charge in [0.2, 0.25) is 0 Å². The van der Waals surface area contributed by atoms with Crippen molar-refractivity contribution in [3.8, 4) is 0 Å². The van der Waals surface area contributed by atoms with Crippen LogP contribution in [0.5, 0.6) is 0 Å². The number of ether oxygens (including phenoxy) is 1. The molecule has 0 amide bonds. The van der Waals surface area contributed by atoms with Gasteiger partial charge in [0.25, 0.3) is 0 Å². The molecule has 4 aliphatic carbocycles. The molecule has 0 aromatic carbocycles. The molecule has 4 saturated carbocycles. The van der Waals surface area contributed by atoms with Gasteiger partial charge >= 0.3 is 11.6 Å². The predicted molar refractivity (Wildman–Crippen MR) is 192 cm³/mol. The molecule has 10 heteroatoms. The summed E-state index contributed by atoms with van der Waals surface area (Å²) in [6.07, 6.45) is 15.9. The summed E-state index contributed by atoms with van der Waals surface area (Å²) in [6.45, 7) is 7.53. The van der Waals surface area contributed by atoms with Crippen LogP contribution in [0, 0.1) is 34.5 Å². The molecule has 6 fully saturated rings. The number of carbonyl (C=O) groups excluding carboxylic acids is 2. The molecular weight excluding hydrogens is 648 g/mol. The van der Waals surface area contributed by atoms with Gasteiger partial charge in [-0.1, -0.05) is 26.2 Å². The van der Waals surface area contributed by atoms with Crippen molar-refractivity contribution >= 4 is 12.3 Å². The number of esters is 1. The standard InChI is InChI=1S/C41H62N2O8/c1-38-15-8-34-35(41(38,49)18-10-33(38)31-5-6-36(46)50-27-31)9-17-40(48)25-32(7-16-39(34,40)28-45)51-37(47)26-43-21-13-30(14-22-43)4-2-3-29-11-19-42(20-12-29)23-24-44/h5-6,27-30,32-35,44,48-49H,2-4,7-26H2,1H3. The van der Waals surface area contributed by atoms with Crippen LogP contribution in [0.1, 0.15) is 121 Å². The highest BCUT2D eigenvalue weighted by Crippen LogP contribution is 2.71. The highest BCUT2D eigenvalue weighted by Gasteiger charge is 2.71. The molecule has 6 aliphatic rings. The third kappa shape index (κ3) is 6.90. The van der Waals surface area contributed by atoms with Gasteiger partial charge in [0.1, 0.15) is 12.4 Å². The Bertz CT molecular complexity index is 1420. The summed E-state index contributed by atoms with van der Waals surface area (Å²) in [5.74, 6) is 1.11. The normalized spacial score (nSPS) is 39.5. The predicted octanol–water partition coefficient (Wildman–Crippen LogP) is 4.67. The van der Waals surface area contributed by atoms with Gasteiger partial charge < -0.3 is 34.2 Å². The van der Waals surface area contributed by atoms with E-state index >= 15 is 0 Å². The first-order valence-electron chi connectivity index (χ1n) is 20.3. The zero-order valence-electron chi connectivity index (χ0n) is 30.8. The second-order valence-corrected chi connectivity index (χ2v) is 17.8. The molecule has 1 aromatic rings. The number of carbonyl (C=O) groups is 2. The summed E-state index contributed by atoms with van der Waals surface area (Å²) >= 11 is 0. The number of hydrogen-bond acceptors (Lipinski definition) is 10. The van der Waals surface area contributed by atoms with E-state index in [0.717, 1.165) is 88.5 Å². The van der Waals surface area contributed by atoms with Crippen LogP contribution in [0.2, 0.25) is 0 Å². The van der Waals surface area contributed by atoms with Crippen molar-refractivity contribution in [1.29, 1.82) is 0 Å². The lowest BCUT2D eigenvalue weighted by Crippen LogP contribution is -2.68. The molecule has 0 spiro atoms. The number of likely N-dealkylation sites (tertiary alicyclic amines) is 2. The second kappa shape index (κ2) is 15.0. The van der Waals surface area contributed by atoms with E-state index in [1.54, 1.807) is 6.26 Å². The van der Waals surface area contributed by atoms with E-state index in [0.29, 0.717) is 32.1 Å². The summed E-state index contributed by atoms with van der Waals surface area (Å²) in [6, 6.07) is 3.28. The number of rotatable bonds is 11. The monoisotopic (exact) mass is 710 g/mol. The first-order chi connectivity index (χ1) is 24.5. The van der Waals surface area contributed by atoms with Gasteiger partial charge in [-0.2, -0.15) is 0 Å². The highest BCUT2D eigenvalue weighted by atomic mass is 16.5. The number of aldehydes is 1. The molecule has 2 saturated heterocycles. The Morgan fingerprint density at radius 3 is 2.24 bits per heavy atom. The van der Waals surface area contributed by atoms with Crippen LogP contribution >= 0.6 is 0 Å². The van der Waals surface area contributed by atoms with Crippen molar-refractivity contribution in [2.24, 2.45) is 34.5 Å². The summed E-state index contributed by atoms with van der Waals surface area (Å²) in [5.41, 5.74) is -3.08. The van der Waals surface area contributed by atoms with E-state index < -0.39 is 28.1 Å². The first kappa shape index (κ1) is 37.2. The van der Waals surface area contributed by atoms with Crippen LogP contribution in [0.25, 0.3) is 0 Å². The van der Waals surface area contributed by atoms with Crippen molar-refractivity contribution in [2.75, 3.05) is 45.9 Å². The summed E-state index contributed by atoms with van der Waals surface area (Å²) in [7, 11) is 0. The second-order valence-electron chi connectivity index (χ2n) is 17.8. The van der Waals surface area contributed by atoms with Crippen LogP contribution < -0.4 is 5.63 Å². The number of piperidine rings is 2. The van der Waals surface area contributed by atoms with Crippen molar-refractivity contribution in [3.05, 3.63) is 34.4 Å². The lowest BCUT2D eigenvalue weighted by Gasteiger charge is -2.65. The van der Waals surface area contributed by atoms with E-state index in [1.165, 1.54) is 38.2 Å². The van der Waals surface area contributed by atoms with Crippen LogP contribution in [-0.4, -0.2) is 101 Å². The molecule has 1 aromatic heterocycles. The number of β-amino-alcohol motifs (C(OH)–C–C–N with tert-alkyl or cyclic N) is 1. The van der Waals surface area contributed by atoms with Crippen molar-refractivity contribution in [3.63, 3.8) is 0 Å². The molecule has 2 aliphatic heterocycles. The van der Waals surface area contributed by atoms with Crippen LogP contribution in [-0.2, 0) is 14.3 Å². The Kier molecular flexibility index (Phi) is 10.9. The van der Waals surface area contributed by atoms with Crippen molar-refractivity contribution < 1.29 is 34.1 Å². The maximum Gasteiger partial charge on any atom is 0.335 e. The Morgan fingerprint density at radius 1 is 0.902 bits per heavy atom. The fourth-order valence-corrected chi connectivity index (χ4v) is 12.5. The third-order valence-electron chi connectivity index (χ3n) is 15.5. The first-order valence-corrected chi connectivity index (χ1v) is 20.3. The SMILES string of the molecule is CC12CCC3C(CCC4(O)CC(OC(=O)CN5CCC(CCCC6CCN(CCO)CC6)CC5)CCC34C=O)C1(O)CCC2c1ccc(=O)oc1. The lowest BCUT2D eigenvalue weighted by molar-refractivity contribution is -0.248. The van der Waals surface area contributed by atoms with Crippen LogP contribution in [0.3, 0.4) is 0 Å². The van der Waals surface area contributed by atoms with Crippen molar-refractivity contribution in [2.45, 2.75) is 133 Å². The smallest absolute Gasteiger partial charge is 0.335 e. The molecular formula is C41H62N2O8. The largest absolute Gasteiger partial charge is 0.461 e. The molecule has 284 valence electrons. The Labute approximate surface area is 303 Å². The quantitative estimate of drug-likeness (QED) is 0.219. The lowest BCUT2D eigenvalue weighted by atomic mass is 9.41. The Morgan fingerprint density at radius 2 is 1.59 bits per heavy atom. The number of fused-ring (bicyclic) bond motifs is 5. The molecule has 10 nitrogen and oxygen atoms in total. The topological polar surface area (TPSA) is 141 Å². The van der Waals surface area contributed by atoms with E-state index in [2.05, 4.69) is 16.7 Å². The van der Waals surface area contributed by atoms with Gasteiger partial charge in [-0.3, -0.25) is 9.69 Å². The highest BCUT2D eigenvalue weighted by molar-refractivity contribution is 5.72. The van der Waals surface area contributed by atoms with E-state index in [-0.39, 0.29) is 48.9 Å². The van der Waals surface area contributed by atoms with Crippen molar-refractivity contribution in [1.82, 2.24) is 9.80 Å². The summed E-state index contributed by atoms with van der Waals surface area (Å²) in [4.78, 5) is 42.6. The zero-order valence-corrected chi connectivity index (χ0v) is 30.8. The Balaban J connectivity index is 0.889. The van der Waals surface area contributed by atoms with Gasteiger partial charge in [-0.25, -0.2) is 4.79 Å². The molecule has 8 unspecified atom stereocenters. The van der Waals surface area contributed by atoms with Gasteiger partial charge in [0.15, 0.2) is 0 Å². The minimum atomic E-state index is -1.27. The van der Waals surface area contributed by atoms with E-state index in [4.69, 9.17) is 9.15 Å². The van der Waals surface area contributed by atoms with Crippen LogP contribution in [0.15, 0.2) is 27.6 Å². The number of aliphatic hydroxyl groups excluding tert-OH is 1. The Hall–Kier alpha value is -2.11. The summed E-state index contributed by atoms with van der Waals surface area (Å²) < 4.78 is 11.3. The van der Waals surface area contributed by atoms with Gasteiger partial charge in [-0.15, -0.1) is 0 Å². The van der Waals surface area contributed by atoms with E-state index in [9.17, 15) is 29.7 Å². The van der Waals surface area contributed by atoms with Crippen LogP contribution in [0.4, 0.5) is 0 Å². The number of nitrogens with zero attached hydrogens (tertiary/aromatic N) is 2. The number of hydrogen-bond donors (Lipinski definition) is 3. The summed E-state index contributed by atoms with van der Waals surface area (Å²) in [5, 5.41) is 34.0. The number of aliphatic hydroxyl groups is 3.